The summed E-state index contributed by atoms with van der Waals surface area (Å²) in [5.41, 5.74) is 3.88. The number of hydrogen-bond donors (Lipinski definition) is 1. The van der Waals surface area contributed by atoms with Crippen molar-refractivity contribution in [3.8, 4) is 11.3 Å². The lowest BCUT2D eigenvalue weighted by Gasteiger charge is -2.30. The topological polar surface area (TPSA) is 29.9 Å². The van der Waals surface area contributed by atoms with E-state index in [-0.39, 0.29) is 0 Å². The molecule has 1 fully saturated rings. The standard InChI is InChI=1S/C16H21N3.C5H10/c1-17-14-7-9-15(10-8-14)19-12-18-11-16(19)13-5-3-2-4-6-13;1-4-5(2)3/h2-6,11-12,14-15,17H,7-10H2,1H3;4H,1-3H3. The van der Waals surface area contributed by atoms with E-state index in [1.807, 2.05) is 19.4 Å². The van der Waals surface area contributed by atoms with E-state index < -0.39 is 0 Å². The van der Waals surface area contributed by atoms with Gasteiger partial charge >= 0.3 is 0 Å². The van der Waals surface area contributed by atoms with Gasteiger partial charge in [0.15, 0.2) is 0 Å². The van der Waals surface area contributed by atoms with Crippen LogP contribution in [0.1, 0.15) is 52.5 Å². The quantitative estimate of drug-likeness (QED) is 0.784. The third-order valence-electron chi connectivity index (χ3n) is 4.81. The van der Waals surface area contributed by atoms with Crippen LogP contribution in [0.3, 0.4) is 0 Å². The highest BCUT2D eigenvalue weighted by molar-refractivity contribution is 5.58. The fraction of sp³-hybridized carbons (Fsp3) is 0.476. The number of benzene rings is 1. The minimum atomic E-state index is 0.599. The minimum Gasteiger partial charge on any atom is -0.328 e. The van der Waals surface area contributed by atoms with E-state index in [4.69, 9.17) is 0 Å². The SMILES string of the molecule is CC=C(C)C.CNC1CCC(n2cncc2-c2ccccc2)CC1. The maximum atomic E-state index is 4.36. The molecule has 0 spiro atoms. The summed E-state index contributed by atoms with van der Waals surface area (Å²) >= 11 is 0. The van der Waals surface area contributed by atoms with Crippen LogP contribution in [-0.4, -0.2) is 22.6 Å². The van der Waals surface area contributed by atoms with Crippen molar-refractivity contribution in [2.45, 2.75) is 58.5 Å². The molecular formula is C21H31N3. The largest absolute Gasteiger partial charge is 0.328 e. The fourth-order valence-corrected chi connectivity index (χ4v) is 3.07. The third-order valence-corrected chi connectivity index (χ3v) is 4.81. The number of hydrogen-bond acceptors (Lipinski definition) is 2. The van der Waals surface area contributed by atoms with Crippen LogP contribution in [0.25, 0.3) is 11.3 Å². The third kappa shape index (κ3) is 5.07. The normalized spacial score (nSPS) is 20.0. The molecule has 130 valence electrons. The number of rotatable bonds is 3. The predicted molar refractivity (Wildman–Crippen MR) is 103 cm³/mol. The van der Waals surface area contributed by atoms with Gasteiger partial charge in [-0.15, -0.1) is 0 Å². The molecule has 0 bridgehead atoms. The molecule has 0 unspecified atom stereocenters. The molecule has 0 radical (unpaired) electrons. The first-order valence-electron chi connectivity index (χ1n) is 8.99. The molecule has 1 aromatic carbocycles. The molecule has 1 aliphatic carbocycles. The smallest absolute Gasteiger partial charge is 0.0953 e. The van der Waals surface area contributed by atoms with Crippen LogP contribution >= 0.6 is 0 Å². The first-order valence-corrected chi connectivity index (χ1v) is 8.99. The van der Waals surface area contributed by atoms with Gasteiger partial charge in [-0.1, -0.05) is 42.0 Å². The molecule has 3 rings (SSSR count). The van der Waals surface area contributed by atoms with Crippen molar-refractivity contribution in [3.05, 3.63) is 54.5 Å². The van der Waals surface area contributed by atoms with Crippen molar-refractivity contribution < 1.29 is 0 Å². The number of allylic oxidation sites excluding steroid dienone is 2. The summed E-state index contributed by atoms with van der Waals surface area (Å²) in [5.74, 6) is 0. The Morgan fingerprint density at radius 2 is 1.75 bits per heavy atom. The van der Waals surface area contributed by atoms with E-state index in [1.54, 1.807) is 0 Å². The molecule has 1 N–H and O–H groups in total. The van der Waals surface area contributed by atoms with Crippen LogP contribution in [0.4, 0.5) is 0 Å². The Kier molecular flexibility index (Phi) is 7.26. The summed E-state index contributed by atoms with van der Waals surface area (Å²) in [5, 5.41) is 3.39. The Morgan fingerprint density at radius 3 is 2.29 bits per heavy atom. The van der Waals surface area contributed by atoms with Crippen LogP contribution in [0.2, 0.25) is 0 Å². The summed E-state index contributed by atoms with van der Waals surface area (Å²) < 4.78 is 2.36. The van der Waals surface area contributed by atoms with Gasteiger partial charge in [0.2, 0.25) is 0 Å². The van der Waals surface area contributed by atoms with Crippen molar-refractivity contribution in [3.63, 3.8) is 0 Å². The maximum Gasteiger partial charge on any atom is 0.0953 e. The second-order valence-corrected chi connectivity index (χ2v) is 6.71. The Balaban J connectivity index is 0.000000368. The molecule has 0 saturated heterocycles. The van der Waals surface area contributed by atoms with Crippen molar-refractivity contribution >= 4 is 0 Å². The second kappa shape index (κ2) is 9.43. The maximum absolute atomic E-state index is 4.36. The lowest BCUT2D eigenvalue weighted by atomic mass is 9.91. The highest BCUT2D eigenvalue weighted by atomic mass is 15.1. The molecule has 1 heterocycles. The van der Waals surface area contributed by atoms with Crippen LogP contribution in [-0.2, 0) is 0 Å². The lowest BCUT2D eigenvalue weighted by molar-refractivity contribution is 0.302. The molecule has 1 aromatic heterocycles. The van der Waals surface area contributed by atoms with E-state index in [0.29, 0.717) is 12.1 Å². The van der Waals surface area contributed by atoms with Crippen molar-refractivity contribution in [1.82, 2.24) is 14.9 Å². The van der Waals surface area contributed by atoms with Gasteiger partial charge in [0, 0.05) is 12.1 Å². The Bertz CT molecular complexity index is 616. The lowest BCUT2D eigenvalue weighted by Crippen LogP contribution is -2.31. The molecule has 0 aliphatic heterocycles. The highest BCUT2D eigenvalue weighted by Gasteiger charge is 2.22. The van der Waals surface area contributed by atoms with Crippen molar-refractivity contribution in [2.75, 3.05) is 7.05 Å². The first kappa shape index (κ1) is 18.5. The molecule has 3 nitrogen and oxygen atoms in total. The monoisotopic (exact) mass is 325 g/mol. The molecule has 1 aliphatic rings. The average molecular weight is 326 g/mol. The average Bonchev–Trinajstić information content (AvgIpc) is 3.13. The van der Waals surface area contributed by atoms with Gasteiger partial charge in [0.25, 0.3) is 0 Å². The van der Waals surface area contributed by atoms with Gasteiger partial charge < -0.3 is 9.88 Å². The second-order valence-electron chi connectivity index (χ2n) is 6.71. The molecule has 3 heteroatoms. The summed E-state index contributed by atoms with van der Waals surface area (Å²) in [4.78, 5) is 4.36. The molecule has 1 saturated carbocycles. The number of nitrogens with zero attached hydrogens (tertiary/aromatic N) is 2. The Labute approximate surface area is 146 Å². The molecule has 24 heavy (non-hydrogen) atoms. The zero-order valence-corrected chi connectivity index (χ0v) is 15.5. The zero-order valence-electron chi connectivity index (χ0n) is 15.5. The zero-order chi connectivity index (χ0) is 17.4. The molecule has 0 atom stereocenters. The van der Waals surface area contributed by atoms with Gasteiger partial charge in [-0.2, -0.15) is 0 Å². The van der Waals surface area contributed by atoms with E-state index in [1.165, 1.54) is 42.5 Å². The van der Waals surface area contributed by atoms with Gasteiger partial charge in [-0.05, 0) is 59.1 Å². The van der Waals surface area contributed by atoms with Crippen LogP contribution in [0.15, 0.2) is 54.5 Å². The molecule has 0 amide bonds. The number of aromatic nitrogens is 2. The van der Waals surface area contributed by atoms with Crippen LogP contribution in [0.5, 0.6) is 0 Å². The van der Waals surface area contributed by atoms with Gasteiger partial charge in [-0.3, -0.25) is 0 Å². The Hall–Kier alpha value is -1.87. The van der Waals surface area contributed by atoms with Crippen molar-refractivity contribution in [2.24, 2.45) is 0 Å². The van der Waals surface area contributed by atoms with Crippen LogP contribution < -0.4 is 5.32 Å². The van der Waals surface area contributed by atoms with E-state index in [0.717, 1.165) is 0 Å². The van der Waals surface area contributed by atoms with Gasteiger partial charge in [-0.25, -0.2) is 4.98 Å². The highest BCUT2D eigenvalue weighted by Crippen LogP contribution is 2.32. The summed E-state index contributed by atoms with van der Waals surface area (Å²) in [6.07, 6.45) is 11.1. The predicted octanol–water partition coefficient (Wildman–Crippen LogP) is 5.23. The summed E-state index contributed by atoms with van der Waals surface area (Å²) in [6, 6.07) is 11.8. The van der Waals surface area contributed by atoms with Crippen molar-refractivity contribution in [1.29, 1.82) is 0 Å². The van der Waals surface area contributed by atoms with Crippen LogP contribution in [0, 0.1) is 0 Å². The molecular weight excluding hydrogens is 294 g/mol. The fourth-order valence-electron chi connectivity index (χ4n) is 3.07. The van der Waals surface area contributed by atoms with E-state index in [2.05, 4.69) is 72.2 Å². The molecule has 2 aromatic rings. The van der Waals surface area contributed by atoms with Gasteiger partial charge in [0.05, 0.1) is 18.2 Å². The minimum absolute atomic E-state index is 0.599. The van der Waals surface area contributed by atoms with E-state index >= 15 is 0 Å². The summed E-state index contributed by atoms with van der Waals surface area (Å²) in [6.45, 7) is 6.20. The first-order chi connectivity index (χ1) is 11.7. The number of imidazole rings is 1. The summed E-state index contributed by atoms with van der Waals surface area (Å²) in [7, 11) is 2.07. The van der Waals surface area contributed by atoms with E-state index in [9.17, 15) is 0 Å². The van der Waals surface area contributed by atoms with Gasteiger partial charge in [0.1, 0.15) is 0 Å². The Morgan fingerprint density at radius 1 is 1.12 bits per heavy atom. The number of nitrogens with one attached hydrogen (secondary N) is 1.